The van der Waals surface area contributed by atoms with Gasteiger partial charge >= 0.3 is 6.03 Å². The van der Waals surface area contributed by atoms with Gasteiger partial charge in [-0.2, -0.15) is 0 Å². The van der Waals surface area contributed by atoms with E-state index >= 15 is 4.39 Å². The first-order valence-corrected chi connectivity index (χ1v) is 13.8. The number of carbonyl (C=O) groups is 1. The third-order valence-electron chi connectivity index (χ3n) is 7.62. The van der Waals surface area contributed by atoms with Crippen LogP contribution in [0.4, 0.5) is 25.3 Å². The number of halogens is 2. The smallest absolute Gasteiger partial charge is 0.320 e. The highest BCUT2D eigenvalue weighted by molar-refractivity contribution is 5.83. The maximum absolute atomic E-state index is 15.0. The Kier molecular flexibility index (Phi) is 7.02. The zero-order valence-corrected chi connectivity index (χ0v) is 23.7. The molecule has 1 fully saturated rings. The van der Waals surface area contributed by atoms with E-state index in [1.165, 1.54) is 6.07 Å². The first kappa shape index (κ1) is 27.0. The number of urea groups is 1. The summed E-state index contributed by atoms with van der Waals surface area (Å²) in [6.07, 6.45) is 3.72. The van der Waals surface area contributed by atoms with Gasteiger partial charge < -0.3 is 24.6 Å². The van der Waals surface area contributed by atoms with Crippen LogP contribution in [-0.4, -0.2) is 86.0 Å². The van der Waals surface area contributed by atoms with Crippen LogP contribution in [0.3, 0.4) is 0 Å². The standard InChI is InChI=1S/C29H33F2N9O/c1-17-33-27-21(30)13-19(14-24(27)40(17)20-6-7-20)26-22(31)15-32-28(36-26)35-25-8-5-18-16-39(10-9-23(18)34-25)29(41)38(4)12-11-37(2)3/h5,8,13-15,20H,6-7,9-12,16H2,1-4H3,(H,32,34,35,36). The largest absolute Gasteiger partial charge is 0.326 e. The van der Waals surface area contributed by atoms with E-state index in [-0.39, 0.29) is 23.2 Å². The second-order valence-electron chi connectivity index (χ2n) is 11.1. The number of rotatable bonds is 7. The Morgan fingerprint density at radius 1 is 1.07 bits per heavy atom. The van der Waals surface area contributed by atoms with Gasteiger partial charge in [0.15, 0.2) is 11.6 Å². The van der Waals surface area contributed by atoms with E-state index in [2.05, 4.69) is 20.3 Å². The monoisotopic (exact) mass is 561 g/mol. The first-order valence-electron chi connectivity index (χ1n) is 13.8. The minimum Gasteiger partial charge on any atom is -0.326 e. The number of amides is 2. The van der Waals surface area contributed by atoms with Gasteiger partial charge in [-0.3, -0.25) is 0 Å². The Labute approximate surface area is 237 Å². The molecular formula is C29H33F2N9O. The van der Waals surface area contributed by atoms with Crippen LogP contribution in [0.2, 0.25) is 0 Å². The zero-order chi connectivity index (χ0) is 28.8. The quantitative estimate of drug-likeness (QED) is 0.354. The molecule has 0 spiro atoms. The van der Waals surface area contributed by atoms with Crippen molar-refractivity contribution in [3.05, 3.63) is 59.2 Å². The first-order chi connectivity index (χ1) is 19.7. The number of aryl methyl sites for hydroxylation is 1. The van der Waals surface area contributed by atoms with Gasteiger partial charge in [-0.1, -0.05) is 6.07 Å². The summed E-state index contributed by atoms with van der Waals surface area (Å²) in [6, 6.07) is 7.02. The topological polar surface area (TPSA) is 95.3 Å². The lowest BCUT2D eigenvalue weighted by Crippen LogP contribution is -2.45. The SMILES string of the molecule is Cc1nc2c(F)cc(-c3nc(Nc4ccc5c(n4)CCN(C(=O)N(C)CCN(C)C)C5)ncc3F)cc2n1C1CC1. The van der Waals surface area contributed by atoms with Gasteiger partial charge in [0.1, 0.15) is 22.9 Å². The minimum atomic E-state index is -0.651. The second-order valence-corrected chi connectivity index (χ2v) is 11.1. The summed E-state index contributed by atoms with van der Waals surface area (Å²) in [7, 11) is 5.78. The minimum absolute atomic E-state index is 0.00286. The molecule has 6 rings (SSSR count). The summed E-state index contributed by atoms with van der Waals surface area (Å²) >= 11 is 0. The Morgan fingerprint density at radius 3 is 2.63 bits per heavy atom. The van der Waals surface area contributed by atoms with Gasteiger partial charge in [0, 0.05) is 56.9 Å². The lowest BCUT2D eigenvalue weighted by Gasteiger charge is -2.32. The molecule has 3 aromatic heterocycles. The van der Waals surface area contributed by atoms with Crippen LogP contribution in [-0.2, 0) is 13.0 Å². The van der Waals surface area contributed by atoms with Crippen LogP contribution >= 0.6 is 0 Å². The van der Waals surface area contributed by atoms with Crippen LogP contribution < -0.4 is 5.32 Å². The van der Waals surface area contributed by atoms with Crippen molar-refractivity contribution in [3.8, 4) is 11.3 Å². The molecule has 0 bridgehead atoms. The fourth-order valence-corrected chi connectivity index (χ4v) is 5.28. The molecule has 4 heterocycles. The molecule has 0 saturated heterocycles. The van der Waals surface area contributed by atoms with E-state index < -0.39 is 11.6 Å². The molecule has 12 heteroatoms. The van der Waals surface area contributed by atoms with Gasteiger partial charge in [-0.25, -0.2) is 33.5 Å². The van der Waals surface area contributed by atoms with Crippen molar-refractivity contribution in [3.63, 3.8) is 0 Å². The maximum atomic E-state index is 15.0. The van der Waals surface area contributed by atoms with Crippen molar-refractivity contribution in [2.24, 2.45) is 0 Å². The number of hydrogen-bond acceptors (Lipinski definition) is 7. The van der Waals surface area contributed by atoms with Gasteiger partial charge in [0.2, 0.25) is 5.95 Å². The molecule has 2 amide bonds. The van der Waals surface area contributed by atoms with E-state index in [0.29, 0.717) is 49.0 Å². The number of imidazole rings is 1. The number of hydrogen-bond donors (Lipinski definition) is 1. The van der Waals surface area contributed by atoms with Crippen molar-refractivity contribution in [2.45, 2.75) is 38.8 Å². The van der Waals surface area contributed by atoms with Crippen LogP contribution in [0.25, 0.3) is 22.3 Å². The highest BCUT2D eigenvalue weighted by Gasteiger charge is 2.29. The van der Waals surface area contributed by atoms with Crippen molar-refractivity contribution >= 4 is 28.8 Å². The Bertz CT molecular complexity index is 1630. The molecule has 10 nitrogen and oxygen atoms in total. The number of anilines is 2. The average molecular weight is 562 g/mol. The molecule has 0 unspecified atom stereocenters. The fraction of sp³-hybridized carbons (Fsp3) is 0.414. The summed E-state index contributed by atoms with van der Waals surface area (Å²) in [5, 5.41) is 3.06. The summed E-state index contributed by atoms with van der Waals surface area (Å²) in [5.41, 5.74) is 3.09. The van der Waals surface area contributed by atoms with Gasteiger partial charge in [0.05, 0.1) is 11.7 Å². The van der Waals surface area contributed by atoms with E-state index in [9.17, 15) is 9.18 Å². The van der Waals surface area contributed by atoms with Gasteiger partial charge in [-0.05, 0) is 57.6 Å². The molecule has 4 aromatic rings. The molecule has 1 aliphatic heterocycles. The van der Waals surface area contributed by atoms with Crippen molar-refractivity contribution in [2.75, 3.05) is 46.1 Å². The van der Waals surface area contributed by atoms with E-state index in [1.807, 2.05) is 48.5 Å². The normalized spacial score (nSPS) is 15.0. The third kappa shape index (κ3) is 5.43. The Balaban J connectivity index is 1.21. The third-order valence-corrected chi connectivity index (χ3v) is 7.62. The highest BCUT2D eigenvalue weighted by Crippen LogP contribution is 2.40. The predicted molar refractivity (Wildman–Crippen MR) is 152 cm³/mol. The summed E-state index contributed by atoms with van der Waals surface area (Å²) in [4.78, 5) is 36.1. The molecule has 1 saturated carbocycles. The number of pyridine rings is 1. The number of nitrogens with one attached hydrogen (secondary N) is 1. The average Bonchev–Trinajstić information content (AvgIpc) is 3.73. The summed E-state index contributed by atoms with van der Waals surface area (Å²) in [5.74, 6) is 0.235. The fourth-order valence-electron chi connectivity index (χ4n) is 5.28. The maximum Gasteiger partial charge on any atom is 0.320 e. The highest BCUT2D eigenvalue weighted by atomic mass is 19.1. The molecule has 214 valence electrons. The molecule has 1 N–H and O–H groups in total. The van der Waals surface area contributed by atoms with Gasteiger partial charge in [-0.15, -0.1) is 0 Å². The van der Waals surface area contributed by atoms with E-state index in [1.54, 1.807) is 17.0 Å². The molecule has 0 radical (unpaired) electrons. The number of aromatic nitrogens is 5. The number of nitrogens with zero attached hydrogens (tertiary/aromatic N) is 8. The van der Waals surface area contributed by atoms with Crippen LogP contribution in [0.15, 0.2) is 30.5 Å². The number of fused-ring (bicyclic) bond motifs is 2. The molecule has 2 aliphatic rings. The molecule has 1 aromatic carbocycles. The Hall–Kier alpha value is -4.19. The van der Waals surface area contributed by atoms with E-state index in [4.69, 9.17) is 4.98 Å². The Morgan fingerprint density at radius 2 is 1.88 bits per heavy atom. The number of benzene rings is 1. The van der Waals surface area contributed by atoms with Crippen molar-refractivity contribution in [1.29, 1.82) is 0 Å². The molecule has 1 aliphatic carbocycles. The van der Waals surface area contributed by atoms with Crippen LogP contribution in [0.5, 0.6) is 0 Å². The van der Waals surface area contributed by atoms with Crippen molar-refractivity contribution in [1.82, 2.24) is 39.2 Å². The van der Waals surface area contributed by atoms with Crippen molar-refractivity contribution < 1.29 is 13.6 Å². The molecular weight excluding hydrogens is 528 g/mol. The molecule has 41 heavy (non-hydrogen) atoms. The predicted octanol–water partition coefficient (Wildman–Crippen LogP) is 4.52. The van der Waals surface area contributed by atoms with Crippen LogP contribution in [0.1, 0.15) is 36.0 Å². The van der Waals surface area contributed by atoms with Gasteiger partial charge in [0.25, 0.3) is 0 Å². The second kappa shape index (κ2) is 10.7. The summed E-state index contributed by atoms with van der Waals surface area (Å²) < 4.78 is 32.0. The molecule has 0 atom stereocenters. The lowest BCUT2D eigenvalue weighted by atomic mass is 10.1. The zero-order valence-electron chi connectivity index (χ0n) is 23.7. The summed E-state index contributed by atoms with van der Waals surface area (Å²) in [6.45, 7) is 4.36. The van der Waals surface area contributed by atoms with Crippen LogP contribution in [0, 0.1) is 18.6 Å². The lowest BCUT2D eigenvalue weighted by molar-refractivity contribution is 0.153. The number of likely N-dealkylation sites (N-methyl/N-ethyl adjacent to an activating group) is 2. The number of carbonyl (C=O) groups excluding carboxylic acids is 1. The van der Waals surface area contributed by atoms with E-state index in [0.717, 1.165) is 42.7 Å².